The van der Waals surface area contributed by atoms with Crippen molar-refractivity contribution in [3.63, 3.8) is 0 Å². The summed E-state index contributed by atoms with van der Waals surface area (Å²) in [6.07, 6.45) is 2.59. The summed E-state index contributed by atoms with van der Waals surface area (Å²) < 4.78 is 26.4. The molecule has 118 valence electrons. The normalized spacial score (nSPS) is 21.1. The third-order valence-corrected chi connectivity index (χ3v) is 7.25. The molecule has 1 unspecified atom stereocenters. The lowest BCUT2D eigenvalue weighted by Crippen LogP contribution is -2.34. The second-order valence-electron chi connectivity index (χ2n) is 5.57. The number of hydrogen-bond acceptors (Lipinski definition) is 3. The van der Waals surface area contributed by atoms with Gasteiger partial charge in [0, 0.05) is 24.1 Å². The molecule has 0 radical (unpaired) electrons. The van der Waals surface area contributed by atoms with Crippen LogP contribution in [0.1, 0.15) is 42.6 Å². The number of thioether (sulfide) groups is 1. The largest absolute Gasteiger partial charge is 0.214 e. The maximum Gasteiger partial charge on any atom is 0.214 e. The van der Waals surface area contributed by atoms with E-state index in [1.807, 2.05) is 18.7 Å². The van der Waals surface area contributed by atoms with Gasteiger partial charge in [0.15, 0.2) is 0 Å². The number of rotatable bonds is 5. The van der Waals surface area contributed by atoms with E-state index in [9.17, 15) is 8.42 Å². The third kappa shape index (κ3) is 4.47. The molecule has 1 aliphatic rings. The van der Waals surface area contributed by atoms with Gasteiger partial charge in [0.1, 0.15) is 0 Å². The Labute approximate surface area is 133 Å². The van der Waals surface area contributed by atoms with Gasteiger partial charge in [-0.25, -0.2) is 12.7 Å². The van der Waals surface area contributed by atoms with Gasteiger partial charge in [0.25, 0.3) is 0 Å². The van der Waals surface area contributed by atoms with Gasteiger partial charge < -0.3 is 0 Å². The quantitative estimate of drug-likeness (QED) is 0.829. The molecule has 1 fully saturated rings. The zero-order valence-corrected chi connectivity index (χ0v) is 14.5. The number of hydrogen-bond donors (Lipinski definition) is 0. The summed E-state index contributed by atoms with van der Waals surface area (Å²) in [6.45, 7) is 5.47. The topological polar surface area (TPSA) is 37.4 Å². The van der Waals surface area contributed by atoms with E-state index in [1.54, 1.807) is 4.31 Å². The summed E-state index contributed by atoms with van der Waals surface area (Å²) in [5.41, 5.74) is 2.66. The minimum absolute atomic E-state index is 0.295. The highest BCUT2D eigenvalue weighted by atomic mass is 32.2. The molecule has 5 heteroatoms. The molecular formula is C16H25NO2S2. The van der Waals surface area contributed by atoms with Crippen LogP contribution >= 0.6 is 11.8 Å². The smallest absolute Gasteiger partial charge is 0.212 e. The van der Waals surface area contributed by atoms with Crippen molar-refractivity contribution < 1.29 is 8.42 Å². The van der Waals surface area contributed by atoms with E-state index < -0.39 is 10.0 Å². The van der Waals surface area contributed by atoms with Gasteiger partial charge in [0.2, 0.25) is 10.0 Å². The average Bonchev–Trinajstić information content (AvgIpc) is 2.72. The lowest BCUT2D eigenvalue weighted by molar-refractivity contribution is 0.427. The van der Waals surface area contributed by atoms with Gasteiger partial charge in [-0.2, -0.15) is 11.8 Å². The molecule has 0 amide bonds. The van der Waals surface area contributed by atoms with Crippen molar-refractivity contribution in [1.29, 1.82) is 0 Å². The monoisotopic (exact) mass is 327 g/mol. The summed E-state index contributed by atoms with van der Waals surface area (Å²) >= 11 is 1.89. The Bertz CT molecular complexity index is 557. The fourth-order valence-electron chi connectivity index (χ4n) is 2.68. The first-order valence-corrected chi connectivity index (χ1v) is 10.4. The Hall–Kier alpha value is -0.520. The predicted octanol–water partition coefficient (Wildman–Crippen LogP) is 3.60. The number of benzene rings is 1. The Morgan fingerprint density at radius 3 is 2.76 bits per heavy atom. The van der Waals surface area contributed by atoms with E-state index in [2.05, 4.69) is 31.2 Å². The van der Waals surface area contributed by atoms with Gasteiger partial charge >= 0.3 is 0 Å². The zero-order valence-electron chi connectivity index (χ0n) is 12.9. The molecule has 3 nitrogen and oxygen atoms in total. The molecular weight excluding hydrogens is 302 g/mol. The Kier molecular flexibility index (Phi) is 6.14. The van der Waals surface area contributed by atoms with Crippen LogP contribution in [0.4, 0.5) is 0 Å². The van der Waals surface area contributed by atoms with Crippen LogP contribution in [-0.2, 0) is 10.0 Å². The van der Waals surface area contributed by atoms with Crippen LogP contribution in [0.25, 0.3) is 0 Å². The second kappa shape index (κ2) is 7.65. The van der Waals surface area contributed by atoms with Crippen LogP contribution in [0, 0.1) is 6.92 Å². The van der Waals surface area contributed by atoms with E-state index in [-0.39, 0.29) is 0 Å². The summed E-state index contributed by atoms with van der Waals surface area (Å²) in [7, 11) is -3.06. The van der Waals surface area contributed by atoms with Crippen LogP contribution < -0.4 is 0 Å². The van der Waals surface area contributed by atoms with Crippen molar-refractivity contribution in [2.45, 2.75) is 38.4 Å². The summed E-state index contributed by atoms with van der Waals surface area (Å²) in [5.74, 6) is 1.17. The van der Waals surface area contributed by atoms with Crippen molar-refractivity contribution in [1.82, 2.24) is 4.31 Å². The number of sulfonamides is 1. The fourth-order valence-corrected chi connectivity index (χ4v) is 5.79. The molecule has 2 rings (SSSR count). The molecule has 0 aliphatic carbocycles. The average molecular weight is 328 g/mol. The molecule has 1 atom stereocenters. The third-order valence-electron chi connectivity index (χ3n) is 3.98. The SMILES string of the molecule is CCCCS(=O)(=O)N1CCSC(c2ccccc2C)CC1. The van der Waals surface area contributed by atoms with Gasteiger partial charge in [-0.3, -0.25) is 0 Å². The first kappa shape index (κ1) is 16.8. The van der Waals surface area contributed by atoms with Gasteiger partial charge in [-0.05, 0) is 30.9 Å². The van der Waals surface area contributed by atoms with Crippen LogP contribution in [0.2, 0.25) is 0 Å². The van der Waals surface area contributed by atoms with Crippen molar-refractivity contribution in [3.8, 4) is 0 Å². The number of unbranched alkanes of at least 4 members (excludes halogenated alkanes) is 1. The van der Waals surface area contributed by atoms with Gasteiger partial charge in [-0.1, -0.05) is 37.6 Å². The van der Waals surface area contributed by atoms with Crippen molar-refractivity contribution in [3.05, 3.63) is 35.4 Å². The van der Waals surface area contributed by atoms with Crippen LogP contribution in [0.15, 0.2) is 24.3 Å². The summed E-state index contributed by atoms with van der Waals surface area (Å²) in [6, 6.07) is 8.44. The molecule has 0 N–H and O–H groups in total. The van der Waals surface area contributed by atoms with Crippen LogP contribution in [-0.4, -0.2) is 37.3 Å². The Morgan fingerprint density at radius 1 is 1.29 bits per heavy atom. The molecule has 0 aromatic heterocycles. The number of nitrogens with zero attached hydrogens (tertiary/aromatic N) is 1. The molecule has 21 heavy (non-hydrogen) atoms. The van der Waals surface area contributed by atoms with E-state index in [4.69, 9.17) is 0 Å². The maximum atomic E-state index is 12.3. The summed E-state index contributed by atoms with van der Waals surface area (Å²) in [5, 5.41) is 0.414. The lowest BCUT2D eigenvalue weighted by Gasteiger charge is -2.20. The number of aryl methyl sites for hydroxylation is 1. The van der Waals surface area contributed by atoms with Gasteiger partial charge in [-0.15, -0.1) is 0 Å². The zero-order chi connectivity index (χ0) is 15.3. The van der Waals surface area contributed by atoms with Crippen molar-refractivity contribution in [2.24, 2.45) is 0 Å². The van der Waals surface area contributed by atoms with Crippen LogP contribution in [0.5, 0.6) is 0 Å². The fraction of sp³-hybridized carbons (Fsp3) is 0.625. The lowest BCUT2D eigenvalue weighted by atomic mass is 10.0. The van der Waals surface area contributed by atoms with Crippen LogP contribution in [0.3, 0.4) is 0 Å². The first-order chi connectivity index (χ1) is 10.0. The molecule has 1 saturated heterocycles. The predicted molar refractivity (Wildman–Crippen MR) is 91.3 cm³/mol. The minimum atomic E-state index is -3.06. The molecule has 1 aromatic rings. The molecule has 1 aromatic carbocycles. The van der Waals surface area contributed by atoms with E-state index in [0.717, 1.165) is 25.0 Å². The van der Waals surface area contributed by atoms with E-state index in [0.29, 0.717) is 24.1 Å². The highest BCUT2D eigenvalue weighted by Crippen LogP contribution is 2.36. The molecule has 0 saturated carbocycles. The van der Waals surface area contributed by atoms with E-state index in [1.165, 1.54) is 11.1 Å². The van der Waals surface area contributed by atoms with Crippen molar-refractivity contribution >= 4 is 21.8 Å². The highest BCUT2D eigenvalue weighted by Gasteiger charge is 2.26. The second-order valence-corrected chi connectivity index (χ2v) is 8.97. The minimum Gasteiger partial charge on any atom is -0.212 e. The standard InChI is InChI=1S/C16H25NO2S2/c1-3-4-13-21(18,19)17-10-9-16(20-12-11-17)15-8-6-5-7-14(15)2/h5-8,16H,3-4,9-13H2,1-2H3. The Balaban J connectivity index is 2.04. The highest BCUT2D eigenvalue weighted by molar-refractivity contribution is 7.99. The maximum absolute atomic E-state index is 12.3. The van der Waals surface area contributed by atoms with E-state index >= 15 is 0 Å². The summed E-state index contributed by atoms with van der Waals surface area (Å²) in [4.78, 5) is 0. The molecule has 0 bridgehead atoms. The van der Waals surface area contributed by atoms with Crippen molar-refractivity contribution in [2.75, 3.05) is 24.6 Å². The van der Waals surface area contributed by atoms with Gasteiger partial charge in [0.05, 0.1) is 5.75 Å². The molecule has 1 heterocycles. The molecule has 0 spiro atoms. The Morgan fingerprint density at radius 2 is 2.05 bits per heavy atom. The molecule has 1 aliphatic heterocycles. The first-order valence-electron chi connectivity index (χ1n) is 7.69.